The molecule has 3 aromatic carbocycles. The Bertz CT molecular complexity index is 1510. The van der Waals surface area contributed by atoms with Gasteiger partial charge >= 0.3 is 0 Å². The standard InChI is InChI=1S/C32H37N3O5S/c1-23-5-3-4-6-29(23)32(36)35-19-15-26(16-20-35)34-17-13-25(14-18-34)33(2)24-7-9-27(10-8-24)41(37,38)28-11-12-30-31(21-28)40-22-39-30/h3-12,21,25-26H,13-20,22H2,1-2H3. The van der Waals surface area contributed by atoms with E-state index in [4.69, 9.17) is 9.47 Å². The van der Waals surface area contributed by atoms with Crippen LogP contribution in [0.5, 0.6) is 11.5 Å². The molecule has 3 aliphatic heterocycles. The third kappa shape index (κ3) is 5.53. The Morgan fingerprint density at radius 2 is 1.49 bits per heavy atom. The molecule has 3 aliphatic rings. The molecular weight excluding hydrogens is 538 g/mol. The number of aryl methyl sites for hydroxylation is 1. The number of benzene rings is 3. The average molecular weight is 576 g/mol. The van der Waals surface area contributed by atoms with E-state index in [1.54, 1.807) is 24.3 Å². The number of rotatable bonds is 6. The van der Waals surface area contributed by atoms with Gasteiger partial charge in [-0.25, -0.2) is 8.42 Å². The van der Waals surface area contributed by atoms with Gasteiger partial charge < -0.3 is 24.2 Å². The number of piperidine rings is 2. The number of nitrogens with zero attached hydrogens (tertiary/aromatic N) is 3. The van der Waals surface area contributed by atoms with Crippen LogP contribution in [0.25, 0.3) is 0 Å². The molecule has 3 heterocycles. The second kappa shape index (κ2) is 11.4. The van der Waals surface area contributed by atoms with Crippen LogP contribution < -0.4 is 14.4 Å². The first-order valence-corrected chi connectivity index (χ1v) is 15.9. The van der Waals surface area contributed by atoms with Crippen LogP contribution in [-0.2, 0) is 9.84 Å². The number of likely N-dealkylation sites (tertiary alicyclic amines) is 2. The number of anilines is 1. The van der Waals surface area contributed by atoms with Crippen molar-refractivity contribution in [2.45, 2.75) is 54.5 Å². The van der Waals surface area contributed by atoms with Gasteiger partial charge in [0, 0.05) is 62.6 Å². The Hall–Kier alpha value is -3.56. The smallest absolute Gasteiger partial charge is 0.254 e. The van der Waals surface area contributed by atoms with E-state index in [1.807, 2.05) is 48.2 Å². The van der Waals surface area contributed by atoms with Gasteiger partial charge in [0.2, 0.25) is 16.6 Å². The van der Waals surface area contributed by atoms with E-state index in [0.717, 1.165) is 68.7 Å². The number of carbonyl (C=O) groups is 1. The Morgan fingerprint density at radius 1 is 0.829 bits per heavy atom. The normalized spacial score (nSPS) is 18.4. The quantitative estimate of drug-likeness (QED) is 0.419. The summed E-state index contributed by atoms with van der Waals surface area (Å²) in [5, 5.41) is 0. The molecule has 41 heavy (non-hydrogen) atoms. The summed E-state index contributed by atoms with van der Waals surface area (Å²) in [6, 6.07) is 20.6. The summed E-state index contributed by atoms with van der Waals surface area (Å²) >= 11 is 0. The number of hydrogen-bond acceptors (Lipinski definition) is 7. The maximum atomic E-state index is 13.2. The molecule has 216 valence electrons. The van der Waals surface area contributed by atoms with E-state index in [-0.39, 0.29) is 22.5 Å². The van der Waals surface area contributed by atoms with Crippen LogP contribution in [0.2, 0.25) is 0 Å². The lowest BCUT2D eigenvalue weighted by Gasteiger charge is -2.43. The number of amides is 1. The van der Waals surface area contributed by atoms with E-state index >= 15 is 0 Å². The number of carbonyl (C=O) groups excluding carboxylic acids is 1. The highest BCUT2D eigenvalue weighted by Crippen LogP contribution is 2.36. The zero-order valence-corrected chi connectivity index (χ0v) is 24.5. The van der Waals surface area contributed by atoms with Crippen molar-refractivity contribution in [1.82, 2.24) is 9.80 Å². The van der Waals surface area contributed by atoms with E-state index in [2.05, 4.69) is 16.8 Å². The first kappa shape index (κ1) is 27.6. The minimum absolute atomic E-state index is 0.105. The summed E-state index contributed by atoms with van der Waals surface area (Å²) in [7, 11) is -1.57. The fourth-order valence-corrected chi connectivity index (χ4v) is 7.58. The van der Waals surface area contributed by atoms with Gasteiger partial charge in [0.25, 0.3) is 5.91 Å². The minimum atomic E-state index is -3.66. The SMILES string of the molecule is Cc1ccccc1C(=O)N1CCC(N2CCC(N(C)c3ccc(S(=O)(=O)c4ccc5c(c4)OCO5)cc3)CC2)CC1. The summed E-state index contributed by atoms with van der Waals surface area (Å²) in [5.74, 6) is 1.16. The Balaban J connectivity index is 1.02. The molecule has 9 heteroatoms. The van der Waals surface area contributed by atoms with E-state index in [9.17, 15) is 13.2 Å². The molecule has 8 nitrogen and oxygen atoms in total. The summed E-state index contributed by atoms with van der Waals surface area (Å²) in [4.78, 5) is 20.3. The van der Waals surface area contributed by atoms with Crippen LogP contribution in [0, 0.1) is 6.92 Å². The number of ether oxygens (including phenoxy) is 2. The van der Waals surface area contributed by atoms with Crippen molar-refractivity contribution in [2.75, 3.05) is 44.9 Å². The fourth-order valence-electron chi connectivity index (χ4n) is 6.31. The van der Waals surface area contributed by atoms with Crippen LogP contribution in [0.15, 0.2) is 76.5 Å². The maximum absolute atomic E-state index is 13.2. The van der Waals surface area contributed by atoms with Crippen molar-refractivity contribution in [3.05, 3.63) is 77.9 Å². The molecule has 0 atom stereocenters. The Morgan fingerprint density at radius 3 is 2.20 bits per heavy atom. The first-order valence-electron chi connectivity index (χ1n) is 14.4. The highest BCUT2D eigenvalue weighted by Gasteiger charge is 2.31. The summed E-state index contributed by atoms with van der Waals surface area (Å²) in [5.41, 5.74) is 2.86. The van der Waals surface area contributed by atoms with Gasteiger partial charge in [-0.1, -0.05) is 18.2 Å². The third-order valence-corrected chi connectivity index (χ3v) is 10.7. The van der Waals surface area contributed by atoms with Crippen molar-refractivity contribution in [3.8, 4) is 11.5 Å². The molecule has 6 rings (SSSR count). The van der Waals surface area contributed by atoms with Crippen molar-refractivity contribution in [1.29, 1.82) is 0 Å². The molecule has 2 saturated heterocycles. The molecule has 0 saturated carbocycles. The number of hydrogen-bond donors (Lipinski definition) is 0. The van der Waals surface area contributed by atoms with E-state index in [1.165, 1.54) is 6.07 Å². The summed E-state index contributed by atoms with van der Waals surface area (Å²) in [6.07, 6.45) is 4.13. The molecule has 0 aromatic heterocycles. The van der Waals surface area contributed by atoms with Gasteiger partial charge in [-0.05, 0) is 80.6 Å². The van der Waals surface area contributed by atoms with Crippen LogP contribution in [0.4, 0.5) is 5.69 Å². The van der Waals surface area contributed by atoms with Gasteiger partial charge in [0.15, 0.2) is 11.5 Å². The molecule has 2 fully saturated rings. The average Bonchev–Trinajstić information content (AvgIpc) is 3.49. The summed E-state index contributed by atoms with van der Waals surface area (Å²) in [6.45, 7) is 5.77. The van der Waals surface area contributed by atoms with Crippen LogP contribution >= 0.6 is 0 Å². The second-order valence-electron chi connectivity index (χ2n) is 11.2. The largest absolute Gasteiger partial charge is 0.454 e. The number of sulfone groups is 1. The third-order valence-electron chi connectivity index (χ3n) is 8.90. The molecule has 0 bridgehead atoms. The second-order valence-corrected chi connectivity index (χ2v) is 13.2. The predicted molar refractivity (Wildman–Crippen MR) is 158 cm³/mol. The van der Waals surface area contributed by atoms with Crippen LogP contribution in [-0.4, -0.2) is 76.2 Å². The van der Waals surface area contributed by atoms with Crippen molar-refractivity contribution < 1.29 is 22.7 Å². The topological polar surface area (TPSA) is 79.4 Å². The molecule has 1 amide bonds. The van der Waals surface area contributed by atoms with Gasteiger partial charge in [-0.2, -0.15) is 0 Å². The van der Waals surface area contributed by atoms with Gasteiger partial charge in [0.1, 0.15) is 0 Å². The molecule has 3 aromatic rings. The Kier molecular flexibility index (Phi) is 7.66. The molecular formula is C32H37N3O5S. The lowest BCUT2D eigenvalue weighted by Crippen LogP contribution is -2.51. The fraction of sp³-hybridized carbons (Fsp3) is 0.406. The van der Waals surface area contributed by atoms with E-state index < -0.39 is 9.84 Å². The highest BCUT2D eigenvalue weighted by molar-refractivity contribution is 7.91. The Labute approximate surface area is 242 Å². The van der Waals surface area contributed by atoms with Gasteiger partial charge in [0.05, 0.1) is 9.79 Å². The monoisotopic (exact) mass is 575 g/mol. The first-order chi connectivity index (χ1) is 19.8. The zero-order chi connectivity index (χ0) is 28.6. The van der Waals surface area contributed by atoms with E-state index in [0.29, 0.717) is 23.6 Å². The zero-order valence-electron chi connectivity index (χ0n) is 23.7. The van der Waals surface area contributed by atoms with Crippen LogP contribution in [0.3, 0.4) is 0 Å². The molecule has 0 aliphatic carbocycles. The molecule has 0 radical (unpaired) electrons. The highest BCUT2D eigenvalue weighted by atomic mass is 32.2. The van der Waals surface area contributed by atoms with Crippen molar-refractivity contribution >= 4 is 21.4 Å². The number of fused-ring (bicyclic) bond motifs is 1. The summed E-state index contributed by atoms with van der Waals surface area (Å²) < 4.78 is 37.1. The van der Waals surface area contributed by atoms with Crippen LogP contribution in [0.1, 0.15) is 41.6 Å². The van der Waals surface area contributed by atoms with Crippen molar-refractivity contribution in [2.24, 2.45) is 0 Å². The van der Waals surface area contributed by atoms with Gasteiger partial charge in [-0.15, -0.1) is 0 Å². The predicted octanol–water partition coefficient (Wildman–Crippen LogP) is 4.76. The molecule has 0 N–H and O–H groups in total. The molecule has 0 unspecified atom stereocenters. The maximum Gasteiger partial charge on any atom is 0.254 e. The van der Waals surface area contributed by atoms with Gasteiger partial charge in [-0.3, -0.25) is 4.79 Å². The molecule has 0 spiro atoms. The minimum Gasteiger partial charge on any atom is -0.454 e. The lowest BCUT2D eigenvalue weighted by atomic mass is 9.96. The lowest BCUT2D eigenvalue weighted by molar-refractivity contribution is 0.0578. The van der Waals surface area contributed by atoms with Crippen molar-refractivity contribution in [3.63, 3.8) is 0 Å².